The molecule has 0 unspecified atom stereocenters. The molecule has 0 amide bonds. The smallest absolute Gasteiger partial charge is 0.150 e. The molecule has 0 bridgehead atoms. The summed E-state index contributed by atoms with van der Waals surface area (Å²) in [6, 6.07) is 9.43. The maximum Gasteiger partial charge on any atom is 0.150 e. The Morgan fingerprint density at radius 3 is 2.72 bits per heavy atom. The number of rotatable bonds is 4. The Kier molecular flexibility index (Phi) is 4.11. The van der Waals surface area contributed by atoms with E-state index in [4.69, 9.17) is 11.6 Å². The zero-order chi connectivity index (χ0) is 13.0. The van der Waals surface area contributed by atoms with Crippen LogP contribution in [0.3, 0.4) is 0 Å². The molecule has 0 aliphatic heterocycles. The van der Waals surface area contributed by atoms with Crippen molar-refractivity contribution in [2.75, 3.05) is 0 Å². The van der Waals surface area contributed by atoms with Gasteiger partial charge in [-0.3, -0.25) is 9.78 Å². The van der Waals surface area contributed by atoms with E-state index in [1.54, 1.807) is 12.1 Å². The number of hydrogen-bond acceptors (Lipinski definition) is 2. The predicted octanol–water partition coefficient (Wildman–Crippen LogP) is 3.70. The van der Waals surface area contributed by atoms with Crippen LogP contribution < -0.4 is 0 Å². The number of halogens is 1. The summed E-state index contributed by atoms with van der Waals surface area (Å²) in [6.07, 6.45) is 4.34. The van der Waals surface area contributed by atoms with Gasteiger partial charge in [-0.2, -0.15) is 0 Å². The van der Waals surface area contributed by atoms with Crippen LogP contribution in [0.2, 0.25) is 5.02 Å². The van der Waals surface area contributed by atoms with Crippen LogP contribution in [0.5, 0.6) is 0 Å². The molecule has 0 aliphatic carbocycles. The Morgan fingerprint density at radius 2 is 2.11 bits per heavy atom. The molecular formula is C15H14ClNO. The molecular weight excluding hydrogens is 246 g/mol. The van der Waals surface area contributed by atoms with Crippen molar-refractivity contribution in [2.24, 2.45) is 0 Å². The quantitative estimate of drug-likeness (QED) is 0.784. The van der Waals surface area contributed by atoms with Gasteiger partial charge in [0.2, 0.25) is 0 Å². The maximum atomic E-state index is 11.0. The van der Waals surface area contributed by atoms with Crippen molar-refractivity contribution in [1.82, 2.24) is 4.98 Å². The van der Waals surface area contributed by atoms with Crippen LogP contribution in [0.4, 0.5) is 0 Å². The van der Waals surface area contributed by atoms with Crippen LogP contribution in [-0.2, 0) is 12.8 Å². The molecule has 0 saturated heterocycles. The standard InChI is InChI=1S/C15H14ClNO/c1-2-11-3-6-15(17-9-11)8-12-4-5-14(16)7-13(12)10-18/h3-7,9-10H,2,8H2,1H3. The Hall–Kier alpha value is -1.67. The minimum atomic E-state index is 0.579. The van der Waals surface area contributed by atoms with Crippen molar-refractivity contribution in [3.8, 4) is 0 Å². The minimum Gasteiger partial charge on any atom is -0.298 e. The lowest BCUT2D eigenvalue weighted by Crippen LogP contribution is -1.97. The van der Waals surface area contributed by atoms with Gasteiger partial charge in [-0.25, -0.2) is 0 Å². The van der Waals surface area contributed by atoms with Crippen LogP contribution in [0.15, 0.2) is 36.5 Å². The lowest BCUT2D eigenvalue weighted by atomic mass is 10.0. The SMILES string of the molecule is CCc1ccc(Cc2ccc(Cl)cc2C=O)nc1. The van der Waals surface area contributed by atoms with Gasteiger partial charge in [0.1, 0.15) is 6.29 Å². The topological polar surface area (TPSA) is 30.0 Å². The van der Waals surface area contributed by atoms with Crippen LogP contribution in [-0.4, -0.2) is 11.3 Å². The lowest BCUT2D eigenvalue weighted by Gasteiger charge is -2.05. The van der Waals surface area contributed by atoms with Crippen molar-refractivity contribution >= 4 is 17.9 Å². The van der Waals surface area contributed by atoms with Gasteiger partial charge in [-0.15, -0.1) is 0 Å². The van der Waals surface area contributed by atoms with E-state index in [1.165, 1.54) is 5.56 Å². The summed E-state index contributed by atoms with van der Waals surface area (Å²) >= 11 is 5.86. The van der Waals surface area contributed by atoms with E-state index in [-0.39, 0.29) is 0 Å². The largest absolute Gasteiger partial charge is 0.298 e. The highest BCUT2D eigenvalue weighted by Gasteiger charge is 2.05. The minimum absolute atomic E-state index is 0.579. The molecule has 92 valence electrons. The third-order valence-corrected chi connectivity index (χ3v) is 3.14. The monoisotopic (exact) mass is 259 g/mol. The number of pyridine rings is 1. The summed E-state index contributed by atoms with van der Waals surface area (Å²) < 4.78 is 0. The Bertz CT molecular complexity index is 549. The van der Waals surface area contributed by atoms with Crippen LogP contribution >= 0.6 is 11.6 Å². The van der Waals surface area contributed by atoms with Crippen LogP contribution in [0, 0.1) is 0 Å². The van der Waals surface area contributed by atoms with Gasteiger partial charge in [-0.1, -0.05) is 30.7 Å². The number of benzene rings is 1. The van der Waals surface area contributed by atoms with Crippen molar-refractivity contribution in [3.63, 3.8) is 0 Å². The van der Waals surface area contributed by atoms with Gasteiger partial charge in [0, 0.05) is 28.9 Å². The first-order valence-corrected chi connectivity index (χ1v) is 6.28. The van der Waals surface area contributed by atoms with Crippen molar-refractivity contribution < 1.29 is 4.79 Å². The molecule has 0 atom stereocenters. The van der Waals surface area contributed by atoms with E-state index >= 15 is 0 Å². The number of hydrogen-bond donors (Lipinski definition) is 0. The normalized spacial score (nSPS) is 10.3. The Balaban J connectivity index is 2.24. The molecule has 3 heteroatoms. The highest BCUT2D eigenvalue weighted by atomic mass is 35.5. The van der Waals surface area contributed by atoms with Gasteiger partial charge >= 0.3 is 0 Å². The summed E-state index contributed by atoms with van der Waals surface area (Å²) in [6.45, 7) is 2.10. The van der Waals surface area contributed by atoms with E-state index in [0.29, 0.717) is 17.0 Å². The summed E-state index contributed by atoms with van der Waals surface area (Å²) in [5, 5.41) is 0.579. The van der Waals surface area contributed by atoms with Crippen molar-refractivity contribution in [1.29, 1.82) is 0 Å². The highest BCUT2D eigenvalue weighted by molar-refractivity contribution is 6.30. The number of aldehydes is 1. The van der Waals surface area contributed by atoms with Gasteiger partial charge in [0.25, 0.3) is 0 Å². The molecule has 2 nitrogen and oxygen atoms in total. The third kappa shape index (κ3) is 2.96. The molecule has 0 fully saturated rings. The molecule has 1 heterocycles. The Labute approximate surface area is 112 Å². The van der Waals surface area contributed by atoms with Crippen LogP contribution in [0.1, 0.15) is 34.1 Å². The van der Waals surface area contributed by atoms with E-state index in [9.17, 15) is 4.79 Å². The molecule has 0 aliphatic rings. The molecule has 1 aromatic carbocycles. The van der Waals surface area contributed by atoms with E-state index in [0.717, 1.165) is 24.0 Å². The molecule has 0 spiro atoms. The molecule has 0 saturated carbocycles. The fourth-order valence-electron chi connectivity index (χ4n) is 1.80. The van der Waals surface area contributed by atoms with Crippen LogP contribution in [0.25, 0.3) is 0 Å². The second kappa shape index (κ2) is 5.78. The number of carbonyl (C=O) groups is 1. The molecule has 18 heavy (non-hydrogen) atoms. The second-order valence-corrected chi connectivity index (χ2v) is 4.59. The fraction of sp³-hybridized carbons (Fsp3) is 0.200. The molecule has 0 radical (unpaired) electrons. The Morgan fingerprint density at radius 1 is 1.28 bits per heavy atom. The average Bonchev–Trinajstić information content (AvgIpc) is 2.41. The van der Waals surface area contributed by atoms with Gasteiger partial charge in [0.05, 0.1) is 0 Å². The fourth-order valence-corrected chi connectivity index (χ4v) is 1.98. The van der Waals surface area contributed by atoms with Crippen molar-refractivity contribution in [2.45, 2.75) is 19.8 Å². The van der Waals surface area contributed by atoms with Gasteiger partial charge in [0.15, 0.2) is 0 Å². The molecule has 1 aromatic heterocycles. The number of carbonyl (C=O) groups excluding carboxylic acids is 1. The lowest BCUT2D eigenvalue weighted by molar-refractivity contribution is 0.112. The highest BCUT2D eigenvalue weighted by Crippen LogP contribution is 2.17. The first kappa shape index (κ1) is 12.8. The summed E-state index contributed by atoms with van der Waals surface area (Å²) in [5.74, 6) is 0. The number of aromatic nitrogens is 1. The third-order valence-electron chi connectivity index (χ3n) is 2.90. The van der Waals surface area contributed by atoms with Crippen molar-refractivity contribution in [3.05, 3.63) is 63.9 Å². The van der Waals surface area contributed by atoms with E-state index < -0.39 is 0 Å². The zero-order valence-corrected chi connectivity index (χ0v) is 10.9. The van der Waals surface area contributed by atoms with E-state index in [1.807, 2.05) is 18.3 Å². The molecule has 2 aromatic rings. The first-order chi connectivity index (χ1) is 8.72. The van der Waals surface area contributed by atoms with Gasteiger partial charge < -0.3 is 0 Å². The molecule has 2 rings (SSSR count). The van der Waals surface area contributed by atoms with Gasteiger partial charge in [-0.05, 0) is 35.7 Å². The molecule has 0 N–H and O–H groups in total. The summed E-state index contributed by atoms with van der Waals surface area (Å²) in [5.41, 5.74) is 3.75. The zero-order valence-electron chi connectivity index (χ0n) is 10.2. The van der Waals surface area contributed by atoms with E-state index in [2.05, 4.69) is 18.0 Å². The maximum absolute atomic E-state index is 11.0. The number of aryl methyl sites for hydroxylation is 1. The summed E-state index contributed by atoms with van der Waals surface area (Å²) in [7, 11) is 0. The second-order valence-electron chi connectivity index (χ2n) is 4.15. The summed E-state index contributed by atoms with van der Waals surface area (Å²) in [4.78, 5) is 15.4. The first-order valence-electron chi connectivity index (χ1n) is 5.90. The number of nitrogens with zero attached hydrogens (tertiary/aromatic N) is 1. The average molecular weight is 260 g/mol. The predicted molar refractivity (Wildman–Crippen MR) is 73.3 cm³/mol.